The van der Waals surface area contributed by atoms with E-state index in [2.05, 4.69) is 4.72 Å². The molecule has 7 heteroatoms. The van der Waals surface area contributed by atoms with Crippen LogP contribution in [0.1, 0.15) is 25.8 Å². The van der Waals surface area contributed by atoms with Crippen LogP contribution in [0.3, 0.4) is 0 Å². The molecule has 0 atom stereocenters. The van der Waals surface area contributed by atoms with Gasteiger partial charge in [0.25, 0.3) is 10.0 Å². The van der Waals surface area contributed by atoms with E-state index in [0.717, 1.165) is 5.41 Å². The molecule has 1 aromatic rings. The third kappa shape index (κ3) is 5.94. The maximum Gasteiger partial charge on any atom is 0.255 e. The second-order valence-corrected chi connectivity index (χ2v) is 7.08. The highest BCUT2D eigenvalue weighted by Crippen LogP contribution is 2.23. The summed E-state index contributed by atoms with van der Waals surface area (Å²) in [6.45, 7) is 3.82. The molecular weight excluding hydrogens is 319 g/mol. The maximum absolute atomic E-state index is 11.7. The molecule has 2 N–H and O–H groups in total. The number of hydrogen-bond acceptors (Lipinski definition) is 3. The average molecular weight is 335 g/mol. The Hall–Kier alpha value is -1.04. The first kappa shape index (κ1) is 17.0. The van der Waals surface area contributed by atoms with E-state index in [9.17, 15) is 8.42 Å². The van der Waals surface area contributed by atoms with Gasteiger partial charge < -0.3 is 0 Å². The van der Waals surface area contributed by atoms with E-state index in [1.807, 2.05) is 13.8 Å². The Morgan fingerprint density at radius 1 is 1.35 bits per heavy atom. The van der Waals surface area contributed by atoms with Crippen molar-refractivity contribution in [2.24, 2.45) is 5.92 Å². The molecule has 0 spiro atoms. The van der Waals surface area contributed by atoms with Crippen LogP contribution in [-0.2, 0) is 10.0 Å². The molecule has 0 saturated carbocycles. The Morgan fingerprint density at radius 3 is 2.55 bits per heavy atom. The number of hydrogen-bond donors (Lipinski definition) is 2. The maximum atomic E-state index is 11.7. The third-order valence-electron chi connectivity index (χ3n) is 2.26. The Morgan fingerprint density at radius 2 is 2.00 bits per heavy atom. The molecule has 4 nitrogen and oxygen atoms in total. The van der Waals surface area contributed by atoms with Gasteiger partial charge in [-0.3, -0.25) is 10.1 Å². The SMILES string of the molecule is CC(C)CC(=N)NS(=O)(=O)/C=C/c1ccc(Cl)c(Cl)c1. The number of amidine groups is 1. The van der Waals surface area contributed by atoms with Gasteiger partial charge in [0, 0.05) is 6.42 Å². The molecule has 0 aromatic heterocycles. The second-order valence-electron chi connectivity index (χ2n) is 4.70. The van der Waals surface area contributed by atoms with Gasteiger partial charge in [0.05, 0.1) is 15.5 Å². The van der Waals surface area contributed by atoms with Gasteiger partial charge in [-0.2, -0.15) is 0 Å². The van der Waals surface area contributed by atoms with Crippen molar-refractivity contribution in [1.82, 2.24) is 4.72 Å². The summed E-state index contributed by atoms with van der Waals surface area (Å²) < 4.78 is 25.7. The smallest absolute Gasteiger partial charge is 0.255 e. The second kappa shape index (κ2) is 7.11. The fraction of sp³-hybridized carbons (Fsp3) is 0.308. The summed E-state index contributed by atoms with van der Waals surface area (Å²) in [6.07, 6.45) is 1.77. The molecule has 20 heavy (non-hydrogen) atoms. The van der Waals surface area contributed by atoms with Crippen molar-refractivity contribution < 1.29 is 8.42 Å². The quantitative estimate of drug-likeness (QED) is 0.633. The number of sulfonamides is 1. The molecule has 0 radical (unpaired) electrons. The Balaban J connectivity index is 2.77. The minimum absolute atomic E-state index is 0.0289. The van der Waals surface area contributed by atoms with Crippen molar-refractivity contribution in [3.63, 3.8) is 0 Å². The fourth-order valence-electron chi connectivity index (χ4n) is 1.44. The molecule has 1 aromatic carbocycles. The number of halogens is 2. The predicted molar refractivity (Wildman–Crippen MR) is 84.7 cm³/mol. The van der Waals surface area contributed by atoms with E-state index in [4.69, 9.17) is 28.6 Å². The van der Waals surface area contributed by atoms with Gasteiger partial charge in [-0.25, -0.2) is 8.42 Å². The lowest BCUT2D eigenvalue weighted by Gasteiger charge is -2.08. The van der Waals surface area contributed by atoms with Gasteiger partial charge in [-0.05, 0) is 29.7 Å². The molecule has 110 valence electrons. The van der Waals surface area contributed by atoms with Crippen molar-refractivity contribution in [3.8, 4) is 0 Å². The standard InChI is InChI=1S/C13H16Cl2N2O2S/c1-9(2)7-13(16)17-20(18,19)6-5-10-3-4-11(14)12(15)8-10/h3-6,8-9H,7H2,1-2H3,(H2,16,17)/b6-5+. The van der Waals surface area contributed by atoms with Gasteiger partial charge in [0.1, 0.15) is 5.84 Å². The molecule has 0 heterocycles. The molecule has 0 amide bonds. The summed E-state index contributed by atoms with van der Waals surface area (Å²) in [4.78, 5) is 0. The molecule has 0 aliphatic carbocycles. The Labute approximate surface area is 129 Å². The van der Waals surface area contributed by atoms with E-state index >= 15 is 0 Å². The first-order chi connectivity index (χ1) is 9.19. The van der Waals surface area contributed by atoms with E-state index < -0.39 is 10.0 Å². The summed E-state index contributed by atoms with van der Waals surface area (Å²) in [6, 6.07) is 4.80. The first-order valence-corrected chi connectivity index (χ1v) is 8.23. The van der Waals surface area contributed by atoms with Crippen LogP contribution >= 0.6 is 23.2 Å². The van der Waals surface area contributed by atoms with E-state index in [1.165, 1.54) is 6.08 Å². The van der Waals surface area contributed by atoms with Crippen molar-refractivity contribution in [3.05, 3.63) is 39.2 Å². The summed E-state index contributed by atoms with van der Waals surface area (Å²) in [7, 11) is -3.68. The molecule has 0 bridgehead atoms. The lowest BCUT2D eigenvalue weighted by molar-refractivity contribution is 0.599. The van der Waals surface area contributed by atoms with Gasteiger partial charge in [0.2, 0.25) is 0 Å². The minimum atomic E-state index is -3.68. The fourth-order valence-corrected chi connectivity index (χ4v) is 2.58. The zero-order valence-corrected chi connectivity index (χ0v) is 13.5. The molecule has 0 aliphatic rings. The van der Waals surface area contributed by atoms with Crippen LogP contribution in [-0.4, -0.2) is 14.3 Å². The summed E-state index contributed by atoms with van der Waals surface area (Å²) in [5.41, 5.74) is 0.611. The lowest BCUT2D eigenvalue weighted by atomic mass is 10.1. The normalized spacial score (nSPS) is 12.1. The highest BCUT2D eigenvalue weighted by Gasteiger charge is 2.09. The Bertz CT molecular complexity index is 625. The van der Waals surface area contributed by atoms with Crippen LogP contribution in [0, 0.1) is 11.3 Å². The summed E-state index contributed by atoms with van der Waals surface area (Å²) in [5.74, 6) is 0.183. The summed E-state index contributed by atoms with van der Waals surface area (Å²) >= 11 is 11.6. The van der Waals surface area contributed by atoms with E-state index in [1.54, 1.807) is 18.2 Å². The monoisotopic (exact) mass is 334 g/mol. The van der Waals surface area contributed by atoms with Crippen LogP contribution in [0.5, 0.6) is 0 Å². The van der Waals surface area contributed by atoms with E-state index in [-0.39, 0.29) is 11.8 Å². The highest BCUT2D eigenvalue weighted by atomic mass is 35.5. The lowest BCUT2D eigenvalue weighted by Crippen LogP contribution is -2.29. The number of benzene rings is 1. The van der Waals surface area contributed by atoms with Crippen LogP contribution in [0.2, 0.25) is 10.0 Å². The van der Waals surface area contributed by atoms with Crippen molar-refractivity contribution >= 4 is 45.1 Å². The summed E-state index contributed by atoms with van der Waals surface area (Å²) in [5, 5.41) is 9.32. The van der Waals surface area contributed by atoms with Crippen molar-refractivity contribution in [2.45, 2.75) is 20.3 Å². The van der Waals surface area contributed by atoms with E-state index in [0.29, 0.717) is 22.0 Å². The van der Waals surface area contributed by atoms with Crippen molar-refractivity contribution in [2.75, 3.05) is 0 Å². The van der Waals surface area contributed by atoms with Crippen LogP contribution in [0.15, 0.2) is 23.6 Å². The van der Waals surface area contributed by atoms with Crippen LogP contribution in [0.25, 0.3) is 6.08 Å². The molecular formula is C13H16Cl2N2O2S. The number of rotatable bonds is 5. The molecule has 1 rings (SSSR count). The third-order valence-corrected chi connectivity index (χ3v) is 4.03. The van der Waals surface area contributed by atoms with Gasteiger partial charge in [0.15, 0.2) is 0 Å². The topological polar surface area (TPSA) is 70.0 Å². The highest BCUT2D eigenvalue weighted by molar-refractivity contribution is 7.93. The molecule has 0 fully saturated rings. The van der Waals surface area contributed by atoms with Gasteiger partial charge in [-0.15, -0.1) is 0 Å². The van der Waals surface area contributed by atoms with Crippen molar-refractivity contribution in [1.29, 1.82) is 5.41 Å². The molecule has 0 saturated heterocycles. The molecule has 0 aliphatic heterocycles. The minimum Gasteiger partial charge on any atom is -0.288 e. The van der Waals surface area contributed by atoms with Gasteiger partial charge >= 0.3 is 0 Å². The average Bonchev–Trinajstić information content (AvgIpc) is 2.29. The molecule has 0 unspecified atom stereocenters. The van der Waals surface area contributed by atoms with Crippen LogP contribution < -0.4 is 4.72 Å². The van der Waals surface area contributed by atoms with Crippen LogP contribution in [0.4, 0.5) is 0 Å². The van der Waals surface area contributed by atoms with Gasteiger partial charge in [-0.1, -0.05) is 43.1 Å². The Kier molecular flexibility index (Phi) is 6.05. The zero-order chi connectivity index (χ0) is 15.3. The zero-order valence-electron chi connectivity index (χ0n) is 11.2. The predicted octanol–water partition coefficient (Wildman–Crippen LogP) is 3.91. The number of nitrogens with one attached hydrogen (secondary N) is 2. The largest absolute Gasteiger partial charge is 0.288 e. The first-order valence-electron chi connectivity index (χ1n) is 5.93.